The van der Waals surface area contributed by atoms with Crippen LogP contribution in [-0.4, -0.2) is 38.4 Å². The molecule has 0 spiro atoms. The van der Waals surface area contributed by atoms with E-state index in [2.05, 4.69) is 5.32 Å². The summed E-state index contributed by atoms with van der Waals surface area (Å²) in [6.07, 6.45) is 2.08. The number of halogens is 2. The zero-order valence-electron chi connectivity index (χ0n) is 11.3. The second-order valence-electron chi connectivity index (χ2n) is 4.80. The number of nitrogens with one attached hydrogen (secondary N) is 1. The topological polar surface area (TPSA) is 49.4 Å². The van der Waals surface area contributed by atoms with Crippen LogP contribution < -0.4 is 5.32 Å². The van der Waals surface area contributed by atoms with Gasteiger partial charge in [0, 0.05) is 19.1 Å². The number of rotatable bonds is 5. The normalized spacial score (nSPS) is 19.7. The molecule has 7 heteroatoms. The summed E-state index contributed by atoms with van der Waals surface area (Å²) in [5, 5.41) is 3.65. The lowest BCUT2D eigenvalue weighted by Gasteiger charge is -2.24. The van der Waals surface area contributed by atoms with E-state index in [9.17, 15) is 8.42 Å². The Hall–Kier alpha value is -0.330. The molecular formula is C13H18Cl2N2O2S. The predicted molar refractivity (Wildman–Crippen MR) is 81.9 cm³/mol. The maximum absolute atomic E-state index is 12.7. The molecule has 0 saturated carbocycles. The van der Waals surface area contributed by atoms with Crippen LogP contribution in [0.1, 0.15) is 19.8 Å². The molecule has 0 aliphatic carbocycles. The fourth-order valence-electron chi connectivity index (χ4n) is 2.38. The molecule has 1 aromatic carbocycles. The van der Waals surface area contributed by atoms with Crippen molar-refractivity contribution in [2.24, 2.45) is 0 Å². The molecule has 1 fully saturated rings. The maximum Gasteiger partial charge on any atom is 0.244 e. The lowest BCUT2D eigenvalue weighted by Crippen LogP contribution is -2.41. The van der Waals surface area contributed by atoms with E-state index in [0.29, 0.717) is 13.1 Å². The standard InChI is InChI=1S/C13H18Cl2N2O2S/c1-2-17(9-10-5-4-8-16-10)20(18,19)12-7-3-6-11(14)13(12)15/h3,6-7,10,16H,2,4-5,8-9H2,1H3/t10-/m0/s1. The second kappa shape index (κ2) is 6.62. The molecule has 0 amide bonds. The molecule has 1 saturated heterocycles. The summed E-state index contributed by atoms with van der Waals surface area (Å²) in [5.74, 6) is 0. The first kappa shape index (κ1) is 16.0. The molecule has 4 nitrogen and oxygen atoms in total. The van der Waals surface area contributed by atoms with Gasteiger partial charge in [-0.25, -0.2) is 8.42 Å². The second-order valence-corrected chi connectivity index (χ2v) is 7.49. The van der Waals surface area contributed by atoms with Gasteiger partial charge in [0.2, 0.25) is 10.0 Å². The Bertz CT molecular complexity index is 572. The van der Waals surface area contributed by atoms with Crippen LogP contribution in [0, 0.1) is 0 Å². The van der Waals surface area contributed by atoms with Crippen molar-refractivity contribution < 1.29 is 8.42 Å². The molecule has 1 atom stereocenters. The molecular weight excluding hydrogens is 319 g/mol. The van der Waals surface area contributed by atoms with Crippen LogP contribution in [0.2, 0.25) is 10.0 Å². The van der Waals surface area contributed by atoms with E-state index < -0.39 is 10.0 Å². The molecule has 1 aromatic rings. The van der Waals surface area contributed by atoms with Crippen LogP contribution in [0.25, 0.3) is 0 Å². The van der Waals surface area contributed by atoms with Gasteiger partial charge in [0.1, 0.15) is 4.90 Å². The number of hydrogen-bond donors (Lipinski definition) is 1. The van der Waals surface area contributed by atoms with Crippen LogP contribution in [0.5, 0.6) is 0 Å². The zero-order valence-corrected chi connectivity index (χ0v) is 13.6. The monoisotopic (exact) mass is 336 g/mol. The Morgan fingerprint density at radius 2 is 2.15 bits per heavy atom. The van der Waals surface area contributed by atoms with E-state index in [1.54, 1.807) is 12.1 Å². The first-order chi connectivity index (χ1) is 9.46. The van der Waals surface area contributed by atoms with Gasteiger partial charge in [-0.1, -0.05) is 36.2 Å². The van der Waals surface area contributed by atoms with E-state index in [1.165, 1.54) is 10.4 Å². The number of benzene rings is 1. The number of sulfonamides is 1. The third-order valence-electron chi connectivity index (χ3n) is 3.47. The highest BCUT2D eigenvalue weighted by molar-refractivity contribution is 7.89. The smallest absolute Gasteiger partial charge is 0.244 e. The van der Waals surface area contributed by atoms with Crippen LogP contribution in [0.3, 0.4) is 0 Å². The molecule has 1 aliphatic heterocycles. The van der Waals surface area contributed by atoms with Gasteiger partial charge in [0.15, 0.2) is 0 Å². The lowest BCUT2D eigenvalue weighted by molar-refractivity contribution is 0.383. The Morgan fingerprint density at radius 1 is 1.40 bits per heavy atom. The summed E-state index contributed by atoms with van der Waals surface area (Å²) in [5.41, 5.74) is 0. The highest BCUT2D eigenvalue weighted by atomic mass is 35.5. The molecule has 1 N–H and O–H groups in total. The minimum Gasteiger partial charge on any atom is -0.313 e. The third-order valence-corrected chi connectivity index (χ3v) is 6.39. The largest absolute Gasteiger partial charge is 0.313 e. The Kier molecular flexibility index (Phi) is 5.31. The molecule has 0 bridgehead atoms. The van der Waals surface area contributed by atoms with Crippen molar-refractivity contribution in [3.05, 3.63) is 28.2 Å². The minimum absolute atomic E-state index is 0.0755. The van der Waals surface area contributed by atoms with Crippen molar-refractivity contribution in [1.29, 1.82) is 0 Å². The van der Waals surface area contributed by atoms with Crippen molar-refractivity contribution in [3.8, 4) is 0 Å². The number of nitrogens with zero attached hydrogens (tertiary/aromatic N) is 1. The molecule has 2 rings (SSSR count). The van der Waals surface area contributed by atoms with Crippen molar-refractivity contribution in [2.45, 2.75) is 30.7 Å². The van der Waals surface area contributed by atoms with Gasteiger partial charge in [-0.2, -0.15) is 4.31 Å². The molecule has 1 aliphatic rings. The first-order valence-corrected chi connectivity index (χ1v) is 8.84. The van der Waals surface area contributed by atoms with Crippen LogP contribution >= 0.6 is 23.2 Å². The Balaban J connectivity index is 2.28. The van der Waals surface area contributed by atoms with Crippen LogP contribution in [0.4, 0.5) is 0 Å². The molecule has 0 radical (unpaired) electrons. The molecule has 0 aromatic heterocycles. The average molecular weight is 337 g/mol. The Labute approximate surface area is 130 Å². The third kappa shape index (κ3) is 3.28. The van der Waals surface area contributed by atoms with Crippen molar-refractivity contribution >= 4 is 33.2 Å². The van der Waals surface area contributed by atoms with Crippen molar-refractivity contribution in [2.75, 3.05) is 19.6 Å². The van der Waals surface area contributed by atoms with Gasteiger partial charge >= 0.3 is 0 Å². The number of likely N-dealkylation sites (N-methyl/N-ethyl adjacent to an activating group) is 1. The van der Waals surface area contributed by atoms with Gasteiger partial charge in [-0.3, -0.25) is 0 Å². The van der Waals surface area contributed by atoms with Gasteiger partial charge < -0.3 is 5.32 Å². The van der Waals surface area contributed by atoms with E-state index in [4.69, 9.17) is 23.2 Å². The quantitative estimate of drug-likeness (QED) is 0.899. The van der Waals surface area contributed by atoms with Gasteiger partial charge in [-0.05, 0) is 31.5 Å². The molecule has 0 unspecified atom stereocenters. The van der Waals surface area contributed by atoms with Crippen molar-refractivity contribution in [1.82, 2.24) is 9.62 Å². The average Bonchev–Trinajstić information content (AvgIpc) is 2.91. The number of hydrogen-bond acceptors (Lipinski definition) is 3. The van der Waals surface area contributed by atoms with E-state index in [0.717, 1.165) is 19.4 Å². The van der Waals surface area contributed by atoms with Gasteiger partial charge in [0.25, 0.3) is 0 Å². The van der Waals surface area contributed by atoms with Crippen LogP contribution in [-0.2, 0) is 10.0 Å². The Morgan fingerprint density at radius 3 is 2.75 bits per heavy atom. The summed E-state index contributed by atoms with van der Waals surface area (Å²) in [4.78, 5) is 0.0755. The molecule has 112 valence electrons. The molecule has 1 heterocycles. The summed E-state index contributed by atoms with van der Waals surface area (Å²) >= 11 is 12.0. The van der Waals surface area contributed by atoms with E-state index in [-0.39, 0.29) is 21.0 Å². The summed E-state index contributed by atoms with van der Waals surface area (Å²) in [6, 6.07) is 4.89. The zero-order chi connectivity index (χ0) is 14.8. The van der Waals surface area contributed by atoms with Gasteiger partial charge in [-0.15, -0.1) is 0 Å². The SMILES string of the molecule is CCN(C[C@@H]1CCCN1)S(=O)(=O)c1cccc(Cl)c1Cl. The highest BCUT2D eigenvalue weighted by Crippen LogP contribution is 2.31. The summed E-state index contributed by atoms with van der Waals surface area (Å²) in [6.45, 7) is 3.64. The first-order valence-electron chi connectivity index (χ1n) is 6.64. The summed E-state index contributed by atoms with van der Waals surface area (Å²) < 4.78 is 26.8. The maximum atomic E-state index is 12.7. The molecule has 20 heavy (non-hydrogen) atoms. The lowest BCUT2D eigenvalue weighted by atomic mass is 10.2. The fraction of sp³-hybridized carbons (Fsp3) is 0.538. The highest BCUT2D eigenvalue weighted by Gasteiger charge is 2.29. The van der Waals surface area contributed by atoms with Crippen molar-refractivity contribution in [3.63, 3.8) is 0 Å². The van der Waals surface area contributed by atoms with E-state index >= 15 is 0 Å². The minimum atomic E-state index is -3.61. The summed E-state index contributed by atoms with van der Waals surface area (Å²) in [7, 11) is -3.61. The predicted octanol–water partition coefficient (Wildman–Crippen LogP) is 2.76. The van der Waals surface area contributed by atoms with E-state index in [1.807, 2.05) is 6.92 Å². The van der Waals surface area contributed by atoms with Gasteiger partial charge in [0.05, 0.1) is 10.0 Å². The fourth-order valence-corrected chi connectivity index (χ4v) is 4.61. The van der Waals surface area contributed by atoms with Crippen LogP contribution in [0.15, 0.2) is 23.1 Å².